The zero-order valence-electron chi connectivity index (χ0n) is 6.56. The van der Waals surface area contributed by atoms with Crippen molar-refractivity contribution >= 4 is 50.5 Å². The Hall–Kier alpha value is -0.120. The van der Waals surface area contributed by atoms with Gasteiger partial charge in [-0.15, -0.1) is 0 Å². The number of carbonyl (C=O) groups excluding carboxylic acids is 3. The minimum atomic E-state index is -1.03. The van der Waals surface area contributed by atoms with Crippen LogP contribution in [0.15, 0.2) is 0 Å². The Labute approximate surface area is 90.3 Å². The summed E-state index contributed by atoms with van der Waals surface area (Å²) in [7, 11) is 0. The molecule has 0 rings (SSSR count). The van der Waals surface area contributed by atoms with Crippen LogP contribution < -0.4 is 0 Å². The fourth-order valence-corrected chi connectivity index (χ4v) is 1.37. The van der Waals surface area contributed by atoms with E-state index in [1.807, 2.05) is 0 Å². The molecule has 13 heavy (non-hydrogen) atoms. The van der Waals surface area contributed by atoms with E-state index in [9.17, 15) is 14.4 Å². The van der Waals surface area contributed by atoms with E-state index in [0.717, 1.165) is 0 Å². The van der Waals surface area contributed by atoms with Crippen LogP contribution in [0.3, 0.4) is 0 Å². The van der Waals surface area contributed by atoms with E-state index < -0.39 is 21.6 Å². The molecule has 0 N–H and O–H groups in total. The van der Waals surface area contributed by atoms with Gasteiger partial charge in [-0.3, -0.25) is 14.4 Å². The first-order chi connectivity index (χ1) is 5.95. The maximum Gasteiger partial charge on any atom is 0.233 e. The molecule has 0 aliphatic carbocycles. The number of carbonyl (C=O) groups is 3. The van der Waals surface area contributed by atoms with Gasteiger partial charge in [-0.05, 0) is 47.6 Å². The quantitative estimate of drug-likeness (QED) is 0.532. The number of halogens is 3. The highest BCUT2D eigenvalue weighted by atomic mass is 35.5. The van der Waals surface area contributed by atoms with Gasteiger partial charge in [0.05, 0.1) is 0 Å². The first-order valence-corrected chi connectivity index (χ1v) is 4.65. The maximum atomic E-state index is 10.6. The molecule has 74 valence electrons. The van der Waals surface area contributed by atoms with Gasteiger partial charge in [0.25, 0.3) is 0 Å². The summed E-state index contributed by atoms with van der Waals surface area (Å²) >= 11 is 15.2. The summed E-state index contributed by atoms with van der Waals surface area (Å²) in [6.07, 6.45) is 0.583. The highest BCUT2D eigenvalue weighted by Gasteiger charge is 2.22. The normalized spacial score (nSPS) is 10.2. The van der Waals surface area contributed by atoms with E-state index in [0.29, 0.717) is 6.42 Å². The predicted molar refractivity (Wildman–Crippen MR) is 49.9 cm³/mol. The molecular formula is C7H7Cl3O3. The summed E-state index contributed by atoms with van der Waals surface area (Å²) in [6.45, 7) is 0. The largest absolute Gasteiger partial charge is 0.281 e. The Morgan fingerprint density at radius 2 is 1.46 bits per heavy atom. The minimum absolute atomic E-state index is 0.104. The summed E-state index contributed by atoms with van der Waals surface area (Å²) in [5.74, 6) is -1.03. The van der Waals surface area contributed by atoms with E-state index >= 15 is 0 Å². The number of hydrogen-bond acceptors (Lipinski definition) is 3. The number of hydrogen-bond donors (Lipinski definition) is 0. The first-order valence-electron chi connectivity index (χ1n) is 3.52. The SMILES string of the molecule is O=C(Cl)CCCC(C(=O)Cl)C(=O)Cl. The van der Waals surface area contributed by atoms with E-state index in [4.69, 9.17) is 34.8 Å². The molecule has 0 atom stereocenters. The van der Waals surface area contributed by atoms with Crippen molar-refractivity contribution in [2.24, 2.45) is 5.92 Å². The third-order valence-corrected chi connectivity index (χ3v) is 2.13. The molecule has 6 heteroatoms. The van der Waals surface area contributed by atoms with E-state index in [2.05, 4.69) is 0 Å². The first kappa shape index (κ1) is 12.9. The molecule has 0 radical (unpaired) electrons. The van der Waals surface area contributed by atoms with Crippen LogP contribution in [0.2, 0.25) is 0 Å². The summed E-state index contributed by atoms with van der Waals surface area (Å²) in [4.78, 5) is 31.5. The molecule has 0 spiro atoms. The van der Waals surface area contributed by atoms with Gasteiger partial charge in [0.15, 0.2) is 0 Å². The van der Waals surface area contributed by atoms with Crippen molar-refractivity contribution in [2.45, 2.75) is 19.3 Å². The van der Waals surface area contributed by atoms with Crippen molar-refractivity contribution in [2.75, 3.05) is 0 Å². The molecule has 0 aliphatic heterocycles. The topological polar surface area (TPSA) is 51.2 Å². The average molecular weight is 245 g/mol. The van der Waals surface area contributed by atoms with Gasteiger partial charge in [0.2, 0.25) is 15.7 Å². The van der Waals surface area contributed by atoms with Crippen molar-refractivity contribution in [1.82, 2.24) is 0 Å². The van der Waals surface area contributed by atoms with Crippen LogP contribution in [0.4, 0.5) is 0 Å². The van der Waals surface area contributed by atoms with Gasteiger partial charge < -0.3 is 0 Å². The lowest BCUT2D eigenvalue weighted by Crippen LogP contribution is -2.16. The Morgan fingerprint density at radius 1 is 1.00 bits per heavy atom. The summed E-state index contributed by atoms with van der Waals surface area (Å²) in [5, 5.41) is -2.12. The Kier molecular flexibility index (Phi) is 6.29. The van der Waals surface area contributed by atoms with Crippen molar-refractivity contribution in [3.05, 3.63) is 0 Å². The van der Waals surface area contributed by atoms with Crippen LogP contribution in [0.1, 0.15) is 19.3 Å². The average Bonchev–Trinajstić information content (AvgIpc) is 1.95. The van der Waals surface area contributed by atoms with Crippen LogP contribution in [-0.4, -0.2) is 15.7 Å². The van der Waals surface area contributed by atoms with Gasteiger partial charge in [-0.25, -0.2) is 0 Å². The van der Waals surface area contributed by atoms with Gasteiger partial charge >= 0.3 is 0 Å². The Morgan fingerprint density at radius 3 is 1.77 bits per heavy atom. The van der Waals surface area contributed by atoms with Crippen molar-refractivity contribution in [1.29, 1.82) is 0 Å². The lowest BCUT2D eigenvalue weighted by Gasteiger charge is -2.04. The predicted octanol–water partition coefficient (Wildman–Crippen LogP) is 2.07. The van der Waals surface area contributed by atoms with E-state index in [1.165, 1.54) is 0 Å². The van der Waals surface area contributed by atoms with Gasteiger partial charge in [-0.1, -0.05) is 0 Å². The Bertz CT molecular complexity index is 213. The second-order valence-electron chi connectivity index (χ2n) is 2.41. The van der Waals surface area contributed by atoms with Gasteiger partial charge in [0, 0.05) is 6.42 Å². The molecule has 0 bridgehead atoms. The maximum absolute atomic E-state index is 10.6. The monoisotopic (exact) mass is 244 g/mol. The van der Waals surface area contributed by atoms with Crippen LogP contribution in [0, 0.1) is 5.92 Å². The van der Waals surface area contributed by atoms with E-state index in [-0.39, 0.29) is 12.8 Å². The third-order valence-electron chi connectivity index (χ3n) is 1.41. The van der Waals surface area contributed by atoms with Crippen molar-refractivity contribution in [3.63, 3.8) is 0 Å². The lowest BCUT2D eigenvalue weighted by atomic mass is 10.1. The molecule has 3 nitrogen and oxygen atoms in total. The third kappa shape index (κ3) is 6.02. The molecule has 0 fully saturated rings. The minimum Gasteiger partial charge on any atom is -0.281 e. The molecule has 0 aromatic heterocycles. The number of rotatable bonds is 6. The molecule has 0 saturated carbocycles. The summed E-state index contributed by atoms with van der Waals surface area (Å²) in [5.41, 5.74) is 0. The smallest absolute Gasteiger partial charge is 0.233 e. The zero-order chi connectivity index (χ0) is 10.4. The highest BCUT2D eigenvalue weighted by molar-refractivity contribution is 6.73. The highest BCUT2D eigenvalue weighted by Crippen LogP contribution is 2.15. The molecular weight excluding hydrogens is 238 g/mol. The van der Waals surface area contributed by atoms with Gasteiger partial charge in [-0.2, -0.15) is 0 Å². The molecule has 0 saturated heterocycles. The van der Waals surface area contributed by atoms with Crippen LogP contribution in [-0.2, 0) is 14.4 Å². The van der Waals surface area contributed by atoms with Crippen LogP contribution >= 0.6 is 34.8 Å². The molecule has 0 aromatic rings. The molecule has 0 amide bonds. The second kappa shape index (κ2) is 6.35. The van der Waals surface area contributed by atoms with Crippen LogP contribution in [0.5, 0.6) is 0 Å². The fraction of sp³-hybridized carbons (Fsp3) is 0.571. The molecule has 0 heterocycles. The van der Waals surface area contributed by atoms with Crippen molar-refractivity contribution in [3.8, 4) is 0 Å². The molecule has 0 aromatic carbocycles. The summed E-state index contributed by atoms with van der Waals surface area (Å²) < 4.78 is 0. The molecule has 0 unspecified atom stereocenters. The standard InChI is InChI=1S/C7H7Cl3O3/c8-5(11)3-1-2-4(6(9)12)7(10)13/h4H,1-3H2. The van der Waals surface area contributed by atoms with Gasteiger partial charge in [0.1, 0.15) is 5.92 Å². The summed E-state index contributed by atoms with van der Waals surface area (Å²) in [6, 6.07) is 0. The second-order valence-corrected chi connectivity index (χ2v) is 3.57. The molecule has 0 aliphatic rings. The Balaban J connectivity index is 3.91. The van der Waals surface area contributed by atoms with Crippen LogP contribution in [0.25, 0.3) is 0 Å². The zero-order valence-corrected chi connectivity index (χ0v) is 8.83. The lowest BCUT2D eigenvalue weighted by molar-refractivity contribution is -0.124. The van der Waals surface area contributed by atoms with E-state index in [1.54, 1.807) is 0 Å². The van der Waals surface area contributed by atoms with Crippen molar-refractivity contribution < 1.29 is 14.4 Å². The fourth-order valence-electron chi connectivity index (χ4n) is 0.761.